The van der Waals surface area contributed by atoms with Gasteiger partial charge in [-0.25, -0.2) is 9.07 Å². The molecule has 0 aliphatic carbocycles. The Balaban J connectivity index is 1.75. The Kier molecular flexibility index (Phi) is 5.23. The number of aromatic nitrogens is 3. The van der Waals surface area contributed by atoms with Crippen molar-refractivity contribution < 1.29 is 4.39 Å². The van der Waals surface area contributed by atoms with E-state index in [1.54, 1.807) is 12.1 Å². The SMILES string of the molecule is CN(Cc1ccc(F)cc1)Cn1[nH]c(-c2ccccc2Br)nc1=S. The van der Waals surface area contributed by atoms with Crippen LogP contribution in [0.2, 0.25) is 0 Å². The molecular weight excluding hydrogens is 391 g/mol. The monoisotopic (exact) mass is 406 g/mol. The van der Waals surface area contributed by atoms with E-state index in [0.29, 0.717) is 18.0 Å². The number of rotatable bonds is 5. The predicted octanol–water partition coefficient (Wildman–Crippen LogP) is 4.60. The van der Waals surface area contributed by atoms with Crippen LogP contribution in [0.4, 0.5) is 4.39 Å². The van der Waals surface area contributed by atoms with Crippen molar-refractivity contribution in [3.05, 3.63) is 69.2 Å². The van der Waals surface area contributed by atoms with Crippen molar-refractivity contribution in [3.63, 3.8) is 0 Å². The fourth-order valence-corrected chi connectivity index (χ4v) is 3.09. The maximum atomic E-state index is 13.0. The van der Waals surface area contributed by atoms with Crippen LogP contribution in [0, 0.1) is 10.6 Å². The third-order valence-corrected chi connectivity index (χ3v) is 4.56. The number of hydrogen-bond donors (Lipinski definition) is 1. The Hall–Kier alpha value is -1.83. The van der Waals surface area contributed by atoms with Crippen molar-refractivity contribution in [2.45, 2.75) is 13.2 Å². The van der Waals surface area contributed by atoms with E-state index >= 15 is 0 Å². The molecule has 0 aliphatic heterocycles. The van der Waals surface area contributed by atoms with E-state index in [1.165, 1.54) is 12.1 Å². The van der Waals surface area contributed by atoms with Crippen LogP contribution < -0.4 is 0 Å². The van der Waals surface area contributed by atoms with Gasteiger partial charge < -0.3 is 0 Å². The lowest BCUT2D eigenvalue weighted by Gasteiger charge is -2.16. The summed E-state index contributed by atoms with van der Waals surface area (Å²) in [4.78, 5) is 6.50. The van der Waals surface area contributed by atoms with E-state index in [0.717, 1.165) is 21.4 Å². The van der Waals surface area contributed by atoms with Gasteiger partial charge >= 0.3 is 0 Å². The number of H-pyrrole nitrogens is 1. The summed E-state index contributed by atoms with van der Waals surface area (Å²) in [6.45, 7) is 1.25. The Morgan fingerprint density at radius 3 is 2.62 bits per heavy atom. The number of hydrogen-bond acceptors (Lipinski definition) is 3. The maximum absolute atomic E-state index is 13.0. The van der Waals surface area contributed by atoms with Gasteiger partial charge in [0.1, 0.15) is 5.82 Å². The molecule has 0 spiro atoms. The highest BCUT2D eigenvalue weighted by Gasteiger charge is 2.09. The highest BCUT2D eigenvalue weighted by atomic mass is 79.9. The van der Waals surface area contributed by atoms with Crippen molar-refractivity contribution in [2.24, 2.45) is 0 Å². The van der Waals surface area contributed by atoms with E-state index < -0.39 is 0 Å². The molecule has 124 valence electrons. The standard InChI is InChI=1S/C17H16BrFN4S/c1-22(10-12-6-8-13(19)9-7-12)11-23-17(24)20-16(21-23)14-4-2-3-5-15(14)18/h2-9H,10-11H2,1H3,(H,20,21,24). The molecule has 2 aromatic carbocycles. The van der Waals surface area contributed by atoms with Gasteiger partial charge in [0.2, 0.25) is 4.77 Å². The third kappa shape index (κ3) is 3.98. The molecule has 0 saturated carbocycles. The van der Waals surface area contributed by atoms with Crippen LogP contribution >= 0.6 is 28.1 Å². The van der Waals surface area contributed by atoms with Crippen LogP contribution in [-0.4, -0.2) is 26.7 Å². The van der Waals surface area contributed by atoms with Gasteiger partial charge in [-0.2, -0.15) is 4.98 Å². The summed E-state index contributed by atoms with van der Waals surface area (Å²) < 4.78 is 16.2. The quantitative estimate of drug-likeness (QED) is 0.629. The Morgan fingerprint density at radius 1 is 1.21 bits per heavy atom. The second-order valence-corrected chi connectivity index (χ2v) is 6.76. The first-order valence-corrected chi connectivity index (χ1v) is 8.58. The summed E-state index contributed by atoms with van der Waals surface area (Å²) in [6.07, 6.45) is 0. The predicted molar refractivity (Wildman–Crippen MR) is 98.4 cm³/mol. The van der Waals surface area contributed by atoms with E-state index in [2.05, 4.69) is 30.9 Å². The highest BCUT2D eigenvalue weighted by molar-refractivity contribution is 9.10. The molecule has 7 heteroatoms. The molecule has 24 heavy (non-hydrogen) atoms. The smallest absolute Gasteiger partial charge is 0.217 e. The minimum absolute atomic E-state index is 0.227. The zero-order valence-electron chi connectivity index (χ0n) is 13.0. The molecule has 1 aromatic heterocycles. The molecule has 0 radical (unpaired) electrons. The third-order valence-electron chi connectivity index (χ3n) is 3.56. The number of halogens is 2. The molecule has 1 heterocycles. The highest BCUT2D eigenvalue weighted by Crippen LogP contribution is 2.24. The van der Waals surface area contributed by atoms with Crippen LogP contribution in [-0.2, 0) is 13.2 Å². The minimum Gasteiger partial charge on any atom is -0.283 e. The van der Waals surface area contributed by atoms with Crippen LogP contribution in [0.3, 0.4) is 0 Å². The molecule has 0 bridgehead atoms. The summed E-state index contributed by atoms with van der Waals surface area (Å²) in [5.41, 5.74) is 2.00. The topological polar surface area (TPSA) is 36.9 Å². The maximum Gasteiger partial charge on any atom is 0.217 e. The van der Waals surface area contributed by atoms with Crippen LogP contribution in [0.25, 0.3) is 11.4 Å². The summed E-state index contributed by atoms with van der Waals surface area (Å²) in [5.74, 6) is 0.498. The first-order chi connectivity index (χ1) is 11.5. The molecule has 0 amide bonds. The van der Waals surface area contributed by atoms with Crippen molar-refractivity contribution in [1.82, 2.24) is 19.7 Å². The first-order valence-electron chi connectivity index (χ1n) is 7.37. The second-order valence-electron chi connectivity index (χ2n) is 5.54. The van der Waals surface area contributed by atoms with E-state index in [1.807, 2.05) is 36.0 Å². The lowest BCUT2D eigenvalue weighted by atomic mass is 10.2. The second kappa shape index (κ2) is 7.38. The minimum atomic E-state index is -0.227. The average Bonchev–Trinajstić information content (AvgIpc) is 2.90. The van der Waals surface area contributed by atoms with Gasteiger partial charge in [-0.3, -0.25) is 10.00 Å². The first kappa shape index (κ1) is 17.0. The lowest BCUT2D eigenvalue weighted by molar-refractivity contribution is 0.244. The Labute approximate surface area is 153 Å². The van der Waals surface area contributed by atoms with Crippen LogP contribution in [0.15, 0.2) is 53.0 Å². The van der Waals surface area contributed by atoms with Crippen molar-refractivity contribution >= 4 is 28.1 Å². The fraction of sp³-hybridized carbons (Fsp3) is 0.176. The van der Waals surface area contributed by atoms with Crippen molar-refractivity contribution in [1.29, 1.82) is 0 Å². The molecule has 1 N–H and O–H groups in total. The molecule has 3 rings (SSSR count). The van der Waals surface area contributed by atoms with Gasteiger partial charge in [-0.1, -0.05) is 46.3 Å². The van der Waals surface area contributed by atoms with E-state index in [4.69, 9.17) is 12.2 Å². The molecule has 4 nitrogen and oxygen atoms in total. The van der Waals surface area contributed by atoms with Gasteiger partial charge in [0.15, 0.2) is 5.82 Å². The summed E-state index contributed by atoms with van der Waals surface area (Å²) >= 11 is 8.87. The van der Waals surface area contributed by atoms with Crippen molar-refractivity contribution in [3.8, 4) is 11.4 Å². The number of nitrogens with one attached hydrogen (secondary N) is 1. The Morgan fingerprint density at radius 2 is 1.92 bits per heavy atom. The summed E-state index contributed by atoms with van der Waals surface area (Å²) in [6, 6.07) is 14.4. The fourth-order valence-electron chi connectivity index (χ4n) is 2.42. The van der Waals surface area contributed by atoms with E-state index in [-0.39, 0.29) is 5.82 Å². The largest absolute Gasteiger partial charge is 0.283 e. The summed E-state index contributed by atoms with van der Waals surface area (Å²) in [7, 11) is 1.98. The zero-order valence-corrected chi connectivity index (χ0v) is 15.4. The van der Waals surface area contributed by atoms with Gasteiger partial charge in [0.05, 0.1) is 6.67 Å². The van der Waals surface area contributed by atoms with Crippen LogP contribution in [0.1, 0.15) is 5.56 Å². The van der Waals surface area contributed by atoms with E-state index in [9.17, 15) is 4.39 Å². The normalized spacial score (nSPS) is 11.2. The molecule has 0 saturated heterocycles. The molecule has 3 aromatic rings. The Bertz CT molecular complexity index is 888. The van der Waals surface area contributed by atoms with Gasteiger partial charge in [0, 0.05) is 16.6 Å². The molecular formula is C17H16BrFN4S. The number of benzene rings is 2. The van der Waals surface area contributed by atoms with Gasteiger partial charge in [-0.05, 0) is 43.0 Å². The molecule has 0 unspecified atom stereocenters. The zero-order chi connectivity index (χ0) is 17.1. The van der Waals surface area contributed by atoms with Gasteiger partial charge in [0.25, 0.3) is 0 Å². The number of nitrogens with zero attached hydrogens (tertiary/aromatic N) is 3. The van der Waals surface area contributed by atoms with Crippen molar-refractivity contribution in [2.75, 3.05) is 7.05 Å². The average molecular weight is 407 g/mol. The molecule has 0 aliphatic rings. The van der Waals surface area contributed by atoms with Gasteiger partial charge in [-0.15, -0.1) is 0 Å². The molecule has 0 atom stereocenters. The summed E-state index contributed by atoms with van der Waals surface area (Å²) in [5, 5.41) is 3.23. The number of aromatic amines is 1. The van der Waals surface area contributed by atoms with Crippen LogP contribution in [0.5, 0.6) is 0 Å². The molecule has 0 fully saturated rings. The lowest BCUT2D eigenvalue weighted by Crippen LogP contribution is -2.22.